The summed E-state index contributed by atoms with van der Waals surface area (Å²) in [6, 6.07) is 0. The van der Waals surface area contributed by atoms with Crippen LogP contribution in [0, 0.1) is 0 Å². The van der Waals surface area contributed by atoms with Gasteiger partial charge in [-0.3, -0.25) is 9.59 Å². The van der Waals surface area contributed by atoms with Crippen molar-refractivity contribution in [3.63, 3.8) is 0 Å². The highest BCUT2D eigenvalue weighted by atomic mass is 16.5. The summed E-state index contributed by atoms with van der Waals surface area (Å²) in [4.78, 5) is 21.0. The molecule has 0 bridgehead atoms. The molecule has 0 aromatic heterocycles. The lowest BCUT2D eigenvalue weighted by atomic mass is 10.0. The van der Waals surface area contributed by atoms with E-state index in [1.807, 2.05) is 0 Å². The van der Waals surface area contributed by atoms with Gasteiger partial charge in [0.05, 0.1) is 5.54 Å². The molecular formula is C8H16N2O4. The fourth-order valence-corrected chi connectivity index (χ4v) is 0.650. The van der Waals surface area contributed by atoms with E-state index in [-0.39, 0.29) is 19.8 Å². The predicted molar refractivity (Wildman–Crippen MR) is 49.2 cm³/mol. The van der Waals surface area contributed by atoms with Crippen LogP contribution in [0.25, 0.3) is 0 Å². The Morgan fingerprint density at radius 3 is 1.71 bits per heavy atom. The van der Waals surface area contributed by atoms with Crippen molar-refractivity contribution in [2.24, 2.45) is 11.5 Å². The SMILES string of the molecule is CC(=O)OCC(N)(CN)COC(C)=O. The van der Waals surface area contributed by atoms with Crippen LogP contribution < -0.4 is 11.5 Å². The van der Waals surface area contributed by atoms with Gasteiger partial charge in [0.1, 0.15) is 13.2 Å². The Bertz CT molecular complexity index is 199. The maximum atomic E-state index is 10.5. The van der Waals surface area contributed by atoms with Gasteiger partial charge in [0.15, 0.2) is 0 Å². The molecule has 0 heterocycles. The standard InChI is InChI=1S/C8H16N2O4/c1-6(11)13-4-8(10,3-9)5-14-7(2)12/h3-5,9-10H2,1-2H3. The Morgan fingerprint density at radius 2 is 1.50 bits per heavy atom. The topological polar surface area (TPSA) is 105 Å². The van der Waals surface area contributed by atoms with Crippen LogP contribution in [0.5, 0.6) is 0 Å². The number of hydrogen-bond acceptors (Lipinski definition) is 6. The molecular weight excluding hydrogens is 188 g/mol. The average molecular weight is 204 g/mol. The van der Waals surface area contributed by atoms with E-state index in [0.717, 1.165) is 0 Å². The number of esters is 2. The molecule has 0 aliphatic heterocycles. The Balaban J connectivity index is 4.03. The fourth-order valence-electron chi connectivity index (χ4n) is 0.650. The Hall–Kier alpha value is -1.14. The van der Waals surface area contributed by atoms with Crippen molar-refractivity contribution in [1.29, 1.82) is 0 Å². The van der Waals surface area contributed by atoms with E-state index in [9.17, 15) is 9.59 Å². The van der Waals surface area contributed by atoms with Gasteiger partial charge in [-0.25, -0.2) is 0 Å². The van der Waals surface area contributed by atoms with Crippen LogP contribution in [0.15, 0.2) is 0 Å². The molecule has 6 heteroatoms. The van der Waals surface area contributed by atoms with E-state index in [1.165, 1.54) is 13.8 Å². The molecule has 0 aromatic carbocycles. The van der Waals surface area contributed by atoms with Gasteiger partial charge in [0, 0.05) is 20.4 Å². The van der Waals surface area contributed by atoms with Crippen molar-refractivity contribution in [2.45, 2.75) is 19.4 Å². The first-order valence-electron chi connectivity index (χ1n) is 4.15. The molecule has 4 N–H and O–H groups in total. The summed E-state index contributed by atoms with van der Waals surface area (Å²) in [6.45, 7) is 2.47. The highest BCUT2D eigenvalue weighted by molar-refractivity contribution is 5.66. The summed E-state index contributed by atoms with van der Waals surface area (Å²) < 4.78 is 9.39. The minimum absolute atomic E-state index is 0.0631. The molecule has 0 spiro atoms. The van der Waals surface area contributed by atoms with E-state index < -0.39 is 17.5 Å². The van der Waals surface area contributed by atoms with Gasteiger partial charge < -0.3 is 20.9 Å². The maximum absolute atomic E-state index is 10.5. The molecule has 82 valence electrons. The smallest absolute Gasteiger partial charge is 0.302 e. The average Bonchev–Trinajstić information content (AvgIpc) is 2.11. The molecule has 0 fully saturated rings. The summed E-state index contributed by atoms with van der Waals surface area (Å²) in [6.07, 6.45) is 0. The van der Waals surface area contributed by atoms with Crippen LogP contribution in [0.4, 0.5) is 0 Å². The zero-order chi connectivity index (χ0) is 11.2. The van der Waals surface area contributed by atoms with Gasteiger partial charge in [-0.15, -0.1) is 0 Å². The summed E-state index contributed by atoms with van der Waals surface area (Å²) in [5.74, 6) is -0.896. The third kappa shape index (κ3) is 5.50. The first-order valence-corrected chi connectivity index (χ1v) is 4.15. The monoisotopic (exact) mass is 204 g/mol. The van der Waals surface area contributed by atoms with Crippen molar-refractivity contribution in [1.82, 2.24) is 0 Å². The first-order chi connectivity index (χ1) is 6.39. The minimum atomic E-state index is -1.00. The van der Waals surface area contributed by atoms with Gasteiger partial charge in [-0.2, -0.15) is 0 Å². The summed E-state index contributed by atoms with van der Waals surface area (Å²) >= 11 is 0. The second-order valence-electron chi connectivity index (χ2n) is 3.13. The quantitative estimate of drug-likeness (QED) is 0.543. The number of hydrogen-bond donors (Lipinski definition) is 2. The van der Waals surface area contributed by atoms with E-state index in [0.29, 0.717) is 0 Å². The largest absolute Gasteiger partial charge is 0.464 e. The zero-order valence-electron chi connectivity index (χ0n) is 8.41. The minimum Gasteiger partial charge on any atom is -0.464 e. The van der Waals surface area contributed by atoms with Gasteiger partial charge in [0.2, 0.25) is 0 Å². The van der Waals surface area contributed by atoms with Gasteiger partial charge >= 0.3 is 11.9 Å². The Labute approximate surface area is 82.5 Å². The molecule has 0 saturated heterocycles. The zero-order valence-corrected chi connectivity index (χ0v) is 8.41. The van der Waals surface area contributed by atoms with Gasteiger partial charge in [-0.1, -0.05) is 0 Å². The summed E-state index contributed by atoms with van der Waals surface area (Å²) in [5.41, 5.74) is 10.1. The molecule has 0 unspecified atom stereocenters. The van der Waals surface area contributed by atoms with E-state index >= 15 is 0 Å². The number of ether oxygens (including phenoxy) is 2. The molecule has 0 aliphatic rings. The third-order valence-corrected chi connectivity index (χ3v) is 1.53. The Morgan fingerprint density at radius 1 is 1.14 bits per heavy atom. The molecule has 6 nitrogen and oxygen atoms in total. The van der Waals surface area contributed by atoms with Crippen molar-refractivity contribution < 1.29 is 19.1 Å². The van der Waals surface area contributed by atoms with Crippen LogP contribution >= 0.6 is 0 Å². The second kappa shape index (κ2) is 5.56. The second-order valence-corrected chi connectivity index (χ2v) is 3.13. The van der Waals surface area contributed by atoms with Crippen LogP contribution in [-0.2, 0) is 19.1 Å². The van der Waals surface area contributed by atoms with Gasteiger partial charge in [-0.05, 0) is 0 Å². The number of carbonyl (C=O) groups excluding carboxylic acids is 2. The molecule has 0 saturated carbocycles. The summed E-state index contributed by atoms with van der Waals surface area (Å²) in [7, 11) is 0. The number of rotatable bonds is 5. The van der Waals surface area contributed by atoms with Gasteiger partial charge in [0.25, 0.3) is 0 Å². The van der Waals surface area contributed by atoms with E-state index in [4.69, 9.17) is 20.9 Å². The summed E-state index contributed by atoms with van der Waals surface area (Å²) in [5, 5.41) is 0. The lowest BCUT2D eigenvalue weighted by Crippen LogP contribution is -2.55. The van der Waals surface area contributed by atoms with Crippen molar-refractivity contribution in [3.8, 4) is 0 Å². The van der Waals surface area contributed by atoms with Crippen LogP contribution in [0.3, 0.4) is 0 Å². The van der Waals surface area contributed by atoms with Crippen LogP contribution in [0.1, 0.15) is 13.8 Å². The molecule has 0 aliphatic carbocycles. The molecule has 0 rings (SSSR count). The Kier molecular flexibility index (Phi) is 5.11. The number of nitrogens with two attached hydrogens (primary N) is 2. The molecule has 0 atom stereocenters. The molecule has 0 amide bonds. The highest BCUT2D eigenvalue weighted by Crippen LogP contribution is 2.01. The molecule has 0 radical (unpaired) electrons. The lowest BCUT2D eigenvalue weighted by molar-refractivity contribution is -0.147. The van der Waals surface area contributed by atoms with Crippen LogP contribution in [-0.4, -0.2) is 37.2 Å². The van der Waals surface area contributed by atoms with Crippen molar-refractivity contribution in [2.75, 3.05) is 19.8 Å². The predicted octanol–water partition coefficient (Wildman–Crippen LogP) is -1.23. The third-order valence-electron chi connectivity index (χ3n) is 1.53. The lowest BCUT2D eigenvalue weighted by Gasteiger charge is -2.26. The van der Waals surface area contributed by atoms with Crippen molar-refractivity contribution in [3.05, 3.63) is 0 Å². The molecule has 0 aromatic rings. The number of carbonyl (C=O) groups is 2. The highest BCUT2D eigenvalue weighted by Gasteiger charge is 2.26. The fraction of sp³-hybridized carbons (Fsp3) is 0.750. The van der Waals surface area contributed by atoms with Crippen molar-refractivity contribution >= 4 is 11.9 Å². The first kappa shape index (κ1) is 12.9. The maximum Gasteiger partial charge on any atom is 0.302 e. The normalized spacial score (nSPS) is 10.9. The van der Waals surface area contributed by atoms with Crippen LogP contribution in [0.2, 0.25) is 0 Å². The van der Waals surface area contributed by atoms with E-state index in [2.05, 4.69) is 0 Å². The van der Waals surface area contributed by atoms with E-state index in [1.54, 1.807) is 0 Å². The molecule has 14 heavy (non-hydrogen) atoms.